The smallest absolute Gasteiger partial charge is 0.0264 e. The number of rotatable bonds is 4. The molecule has 25 heavy (non-hydrogen) atoms. The summed E-state index contributed by atoms with van der Waals surface area (Å²) < 4.78 is 0. The van der Waals surface area contributed by atoms with E-state index in [1.165, 1.54) is 38.5 Å². The van der Waals surface area contributed by atoms with Gasteiger partial charge < -0.3 is 0 Å². The summed E-state index contributed by atoms with van der Waals surface area (Å²) in [5.41, 5.74) is 1.40. The molecule has 8 atom stereocenters. The minimum absolute atomic E-state index is 0.699. The van der Waals surface area contributed by atoms with Crippen molar-refractivity contribution in [3.8, 4) is 0 Å². The minimum atomic E-state index is 0.699. The Hall–Kier alpha value is 0. The Morgan fingerprint density at radius 2 is 1.60 bits per heavy atom. The Kier molecular flexibility index (Phi) is 5.04. The van der Waals surface area contributed by atoms with Crippen molar-refractivity contribution in [1.29, 1.82) is 0 Å². The topological polar surface area (TPSA) is 0 Å². The highest BCUT2D eigenvalue weighted by Crippen LogP contribution is 2.69. The Balaban J connectivity index is 1.60. The van der Waals surface area contributed by atoms with Gasteiger partial charge in [-0.05, 0) is 97.7 Å². The molecule has 0 nitrogen and oxygen atoms in total. The summed E-state index contributed by atoms with van der Waals surface area (Å²) in [5, 5.41) is 0. The SMILES string of the molecule is CCCCC1CCC2C3C[C@H](CC)C4CCCCC4(C)[C@H]3CCC12C. The van der Waals surface area contributed by atoms with Gasteiger partial charge in [0.1, 0.15) is 0 Å². The van der Waals surface area contributed by atoms with Gasteiger partial charge in [0.15, 0.2) is 0 Å². The lowest BCUT2D eigenvalue weighted by Gasteiger charge is -2.62. The van der Waals surface area contributed by atoms with Gasteiger partial charge in [-0.15, -0.1) is 0 Å². The van der Waals surface area contributed by atoms with Crippen LogP contribution in [-0.4, -0.2) is 0 Å². The third-order valence-electron chi connectivity index (χ3n) is 10.4. The van der Waals surface area contributed by atoms with E-state index in [2.05, 4.69) is 27.7 Å². The predicted molar refractivity (Wildman–Crippen MR) is 109 cm³/mol. The van der Waals surface area contributed by atoms with Gasteiger partial charge in [-0.2, -0.15) is 0 Å². The van der Waals surface area contributed by atoms with Crippen molar-refractivity contribution in [2.24, 2.45) is 46.3 Å². The Bertz CT molecular complexity index is 467. The largest absolute Gasteiger partial charge is 0.0654 e. The maximum Gasteiger partial charge on any atom is -0.0264 e. The summed E-state index contributed by atoms with van der Waals surface area (Å²) in [4.78, 5) is 0. The number of fused-ring (bicyclic) bond motifs is 5. The normalized spacial score (nSPS) is 52.3. The fourth-order valence-corrected chi connectivity index (χ4v) is 9.05. The van der Waals surface area contributed by atoms with E-state index in [1.807, 2.05) is 0 Å². The van der Waals surface area contributed by atoms with E-state index in [9.17, 15) is 0 Å². The molecule has 0 aliphatic heterocycles. The van der Waals surface area contributed by atoms with Gasteiger partial charge in [0.05, 0.1) is 0 Å². The van der Waals surface area contributed by atoms with Crippen molar-refractivity contribution < 1.29 is 0 Å². The molecule has 0 aromatic rings. The molecule has 4 aliphatic carbocycles. The lowest BCUT2D eigenvalue weighted by Crippen LogP contribution is -2.55. The van der Waals surface area contributed by atoms with Crippen molar-refractivity contribution in [3.63, 3.8) is 0 Å². The molecule has 6 unspecified atom stereocenters. The monoisotopic (exact) mass is 344 g/mol. The molecule has 0 bridgehead atoms. The molecule has 4 rings (SSSR count). The molecule has 0 amide bonds. The summed E-state index contributed by atoms with van der Waals surface area (Å²) in [6, 6.07) is 0. The second-order valence-corrected chi connectivity index (χ2v) is 11.1. The number of unbranched alkanes of at least 4 members (excludes halogenated alkanes) is 1. The van der Waals surface area contributed by atoms with Crippen LogP contribution >= 0.6 is 0 Å². The molecule has 0 aromatic heterocycles. The molecule has 4 fully saturated rings. The molecule has 0 heteroatoms. The first-order chi connectivity index (χ1) is 12.0. The molecule has 0 spiro atoms. The van der Waals surface area contributed by atoms with Crippen molar-refractivity contribution in [3.05, 3.63) is 0 Å². The standard InChI is InChI=1S/C25H44/c1-5-7-10-19-12-13-22-20-17-18(6-2)21-11-8-9-15-25(21,4)23(20)14-16-24(19,22)3/h18-23H,5-17H2,1-4H3/t18-,19?,20?,21?,22?,23-,24?,25?/m0/s1. The lowest BCUT2D eigenvalue weighted by molar-refractivity contribution is -0.135. The van der Waals surface area contributed by atoms with E-state index in [0.29, 0.717) is 10.8 Å². The molecule has 0 heterocycles. The van der Waals surface area contributed by atoms with Gasteiger partial charge in [-0.1, -0.05) is 59.8 Å². The molecular formula is C25H44. The van der Waals surface area contributed by atoms with Crippen molar-refractivity contribution >= 4 is 0 Å². The van der Waals surface area contributed by atoms with Crippen LogP contribution in [0, 0.1) is 46.3 Å². The molecule has 0 saturated heterocycles. The zero-order chi connectivity index (χ0) is 17.7. The zero-order valence-corrected chi connectivity index (χ0v) is 17.7. The summed E-state index contributed by atoms with van der Waals surface area (Å²) in [7, 11) is 0. The van der Waals surface area contributed by atoms with Crippen LogP contribution in [0.15, 0.2) is 0 Å². The van der Waals surface area contributed by atoms with Crippen LogP contribution in [0.4, 0.5) is 0 Å². The highest BCUT2D eigenvalue weighted by atomic mass is 14.7. The molecule has 144 valence electrons. The van der Waals surface area contributed by atoms with Gasteiger partial charge >= 0.3 is 0 Å². The third kappa shape index (κ3) is 2.75. The zero-order valence-electron chi connectivity index (χ0n) is 17.7. The summed E-state index contributed by atoms with van der Waals surface area (Å²) >= 11 is 0. The van der Waals surface area contributed by atoms with E-state index in [0.717, 1.165) is 35.5 Å². The fraction of sp³-hybridized carbons (Fsp3) is 1.00. The molecule has 4 saturated carbocycles. The average molecular weight is 345 g/mol. The first kappa shape index (κ1) is 18.4. The first-order valence-electron chi connectivity index (χ1n) is 12.0. The molecule has 0 N–H and O–H groups in total. The fourth-order valence-electron chi connectivity index (χ4n) is 9.05. The van der Waals surface area contributed by atoms with Crippen LogP contribution in [0.5, 0.6) is 0 Å². The maximum absolute atomic E-state index is 2.75. The molecular weight excluding hydrogens is 300 g/mol. The van der Waals surface area contributed by atoms with E-state index < -0.39 is 0 Å². The van der Waals surface area contributed by atoms with Gasteiger partial charge in [-0.3, -0.25) is 0 Å². The Morgan fingerprint density at radius 3 is 2.36 bits per heavy atom. The number of hydrogen-bond donors (Lipinski definition) is 0. The Labute approximate surface area is 157 Å². The quantitative estimate of drug-likeness (QED) is 0.487. The van der Waals surface area contributed by atoms with E-state index in [4.69, 9.17) is 0 Å². The van der Waals surface area contributed by atoms with Crippen molar-refractivity contribution in [1.82, 2.24) is 0 Å². The minimum Gasteiger partial charge on any atom is -0.0654 e. The maximum atomic E-state index is 2.75. The van der Waals surface area contributed by atoms with Gasteiger partial charge in [0, 0.05) is 0 Å². The number of hydrogen-bond acceptors (Lipinski definition) is 0. The van der Waals surface area contributed by atoms with Crippen LogP contribution in [0.2, 0.25) is 0 Å². The first-order valence-corrected chi connectivity index (χ1v) is 12.0. The van der Waals surface area contributed by atoms with Crippen LogP contribution < -0.4 is 0 Å². The van der Waals surface area contributed by atoms with Crippen molar-refractivity contribution in [2.45, 2.75) is 111 Å². The predicted octanol–water partition coefficient (Wildman–Crippen LogP) is 7.86. The average Bonchev–Trinajstić information content (AvgIpc) is 2.95. The van der Waals surface area contributed by atoms with Gasteiger partial charge in [-0.25, -0.2) is 0 Å². The van der Waals surface area contributed by atoms with Crippen LogP contribution in [-0.2, 0) is 0 Å². The molecule has 0 aromatic carbocycles. The van der Waals surface area contributed by atoms with E-state index in [1.54, 1.807) is 44.9 Å². The van der Waals surface area contributed by atoms with Crippen LogP contribution in [0.25, 0.3) is 0 Å². The van der Waals surface area contributed by atoms with Crippen LogP contribution in [0.1, 0.15) is 111 Å². The third-order valence-corrected chi connectivity index (χ3v) is 10.4. The van der Waals surface area contributed by atoms with Gasteiger partial charge in [0.2, 0.25) is 0 Å². The summed E-state index contributed by atoms with van der Waals surface area (Å²) in [5.74, 6) is 6.38. The molecule has 4 aliphatic rings. The lowest BCUT2D eigenvalue weighted by atomic mass is 9.42. The highest BCUT2D eigenvalue weighted by Gasteiger charge is 2.60. The Morgan fingerprint density at radius 1 is 0.800 bits per heavy atom. The van der Waals surface area contributed by atoms with E-state index >= 15 is 0 Å². The summed E-state index contributed by atoms with van der Waals surface area (Å²) in [6.07, 6.45) is 19.9. The van der Waals surface area contributed by atoms with Crippen molar-refractivity contribution in [2.75, 3.05) is 0 Å². The van der Waals surface area contributed by atoms with E-state index in [-0.39, 0.29) is 0 Å². The second kappa shape index (κ2) is 6.87. The summed E-state index contributed by atoms with van der Waals surface area (Å²) in [6.45, 7) is 10.4. The highest BCUT2D eigenvalue weighted by molar-refractivity contribution is 5.10. The van der Waals surface area contributed by atoms with Crippen LogP contribution in [0.3, 0.4) is 0 Å². The van der Waals surface area contributed by atoms with Gasteiger partial charge in [0.25, 0.3) is 0 Å². The molecule has 0 radical (unpaired) electrons. The second-order valence-electron chi connectivity index (χ2n) is 11.1.